The number of likely N-dealkylation sites (tertiary alicyclic amines) is 1. The van der Waals surface area contributed by atoms with Gasteiger partial charge in [0.05, 0.1) is 0 Å². The lowest BCUT2D eigenvalue weighted by Gasteiger charge is -2.49. The fraction of sp³-hybridized carbons (Fsp3) is 0.650. The fourth-order valence-corrected chi connectivity index (χ4v) is 3.74. The van der Waals surface area contributed by atoms with Crippen molar-refractivity contribution in [3.05, 3.63) is 29.6 Å². The average molecular weight is 363 g/mol. The second-order valence-electron chi connectivity index (χ2n) is 7.89. The van der Waals surface area contributed by atoms with Crippen molar-refractivity contribution in [3.63, 3.8) is 0 Å². The van der Waals surface area contributed by atoms with Crippen molar-refractivity contribution in [1.82, 2.24) is 9.80 Å². The van der Waals surface area contributed by atoms with E-state index >= 15 is 0 Å². The molecular weight excluding hydrogens is 333 g/mol. The number of nitrogens with one attached hydrogen (secondary N) is 1. The average Bonchev–Trinajstić information content (AvgIpc) is 2.56. The first-order valence-electron chi connectivity index (χ1n) is 9.59. The number of hydrogen-bond donors (Lipinski definition) is 1. The summed E-state index contributed by atoms with van der Waals surface area (Å²) < 4.78 is 19.1. The number of nitrogens with zero attached hydrogens (tertiary/aromatic N) is 2. The van der Waals surface area contributed by atoms with Gasteiger partial charge in [0.2, 0.25) is 0 Å². The topological polar surface area (TPSA) is 44.8 Å². The number of ether oxygens (including phenoxy) is 1. The molecule has 2 aliphatic heterocycles. The van der Waals surface area contributed by atoms with Gasteiger partial charge >= 0.3 is 6.03 Å². The molecule has 2 aliphatic rings. The van der Waals surface area contributed by atoms with Gasteiger partial charge in [0.15, 0.2) is 0 Å². The molecule has 0 spiro atoms. The highest BCUT2D eigenvalue weighted by atomic mass is 19.1. The van der Waals surface area contributed by atoms with E-state index in [1.807, 2.05) is 0 Å². The molecule has 0 atom stereocenters. The number of carbonyl (C=O) groups excluding carboxylic acids is 1. The van der Waals surface area contributed by atoms with Crippen LogP contribution >= 0.6 is 0 Å². The molecule has 144 valence electrons. The van der Waals surface area contributed by atoms with Crippen LogP contribution in [-0.2, 0) is 4.74 Å². The molecule has 6 heteroatoms. The van der Waals surface area contributed by atoms with E-state index in [0.717, 1.165) is 45.7 Å². The Morgan fingerprint density at radius 2 is 2.00 bits per heavy atom. The molecule has 3 rings (SSSR count). The van der Waals surface area contributed by atoms with E-state index in [4.69, 9.17) is 4.74 Å². The summed E-state index contributed by atoms with van der Waals surface area (Å²) in [6.07, 6.45) is 2.14. The second-order valence-corrected chi connectivity index (χ2v) is 7.89. The van der Waals surface area contributed by atoms with Crippen LogP contribution in [0.15, 0.2) is 18.2 Å². The first kappa shape index (κ1) is 19.1. The summed E-state index contributed by atoms with van der Waals surface area (Å²) in [5.41, 5.74) is 1.08. The van der Waals surface area contributed by atoms with Crippen molar-refractivity contribution < 1.29 is 13.9 Å². The molecule has 1 N–H and O–H groups in total. The number of rotatable bonds is 5. The zero-order chi connectivity index (χ0) is 18.7. The van der Waals surface area contributed by atoms with Crippen LogP contribution in [-0.4, -0.2) is 60.8 Å². The largest absolute Gasteiger partial charge is 0.381 e. The molecule has 1 aromatic rings. The summed E-state index contributed by atoms with van der Waals surface area (Å²) in [6.45, 7) is 10.3. The molecule has 26 heavy (non-hydrogen) atoms. The predicted octanol–water partition coefficient (Wildman–Crippen LogP) is 3.49. The molecule has 5 nitrogen and oxygen atoms in total. The summed E-state index contributed by atoms with van der Waals surface area (Å²) >= 11 is 0. The lowest BCUT2D eigenvalue weighted by atomic mass is 9.98. The van der Waals surface area contributed by atoms with Crippen molar-refractivity contribution in [1.29, 1.82) is 0 Å². The Balaban J connectivity index is 1.54. The monoisotopic (exact) mass is 363 g/mol. The summed E-state index contributed by atoms with van der Waals surface area (Å²) in [5, 5.41) is 2.80. The molecule has 2 saturated heterocycles. The molecule has 0 unspecified atom stereocenters. The molecular formula is C20H30FN3O2. The number of anilines is 1. The molecule has 2 fully saturated rings. The maximum absolute atomic E-state index is 13.6. The van der Waals surface area contributed by atoms with E-state index in [0.29, 0.717) is 29.3 Å². The Bertz CT molecular complexity index is 625. The lowest BCUT2D eigenvalue weighted by Crippen LogP contribution is -2.64. The van der Waals surface area contributed by atoms with Crippen LogP contribution in [0.5, 0.6) is 0 Å². The number of urea groups is 1. The number of benzene rings is 1. The van der Waals surface area contributed by atoms with Crippen LogP contribution in [0.4, 0.5) is 14.9 Å². The minimum Gasteiger partial charge on any atom is -0.381 e. The predicted molar refractivity (Wildman–Crippen MR) is 101 cm³/mol. The first-order chi connectivity index (χ1) is 12.4. The van der Waals surface area contributed by atoms with Crippen molar-refractivity contribution in [3.8, 4) is 0 Å². The van der Waals surface area contributed by atoms with E-state index in [2.05, 4.69) is 24.1 Å². The quantitative estimate of drug-likeness (QED) is 0.871. The maximum atomic E-state index is 13.6. The molecule has 2 heterocycles. The van der Waals surface area contributed by atoms with Crippen molar-refractivity contribution >= 4 is 11.7 Å². The van der Waals surface area contributed by atoms with Gasteiger partial charge in [-0.1, -0.05) is 19.9 Å². The van der Waals surface area contributed by atoms with Gasteiger partial charge in [-0.3, -0.25) is 4.90 Å². The van der Waals surface area contributed by atoms with Gasteiger partial charge < -0.3 is 15.0 Å². The van der Waals surface area contributed by atoms with E-state index in [-0.39, 0.29) is 11.8 Å². The highest BCUT2D eigenvalue weighted by Gasteiger charge is 2.38. The van der Waals surface area contributed by atoms with Crippen LogP contribution in [0, 0.1) is 18.7 Å². The number of aryl methyl sites for hydroxylation is 1. The van der Waals surface area contributed by atoms with Crippen molar-refractivity contribution in [2.45, 2.75) is 45.7 Å². The summed E-state index contributed by atoms with van der Waals surface area (Å²) in [4.78, 5) is 16.8. The fourth-order valence-electron chi connectivity index (χ4n) is 3.74. The van der Waals surface area contributed by atoms with Gasteiger partial charge in [-0.25, -0.2) is 9.18 Å². The summed E-state index contributed by atoms with van der Waals surface area (Å²) in [5.74, 6) is 0.295. The standard InChI is InChI=1S/C20H30FN3O2/c1-14(2)11-24(17-6-8-26-9-7-17)18-12-23(13-18)20(25)22-16-5-4-15(3)19(21)10-16/h4-5,10,14,17-18H,6-9,11-13H2,1-3H3,(H,22,25). The summed E-state index contributed by atoms with van der Waals surface area (Å²) in [7, 11) is 0. The van der Waals surface area contributed by atoms with Gasteiger partial charge in [0, 0.05) is 50.6 Å². The minimum atomic E-state index is -0.299. The van der Waals surface area contributed by atoms with Gasteiger partial charge in [-0.05, 0) is 43.4 Å². The Labute approximate surface area is 155 Å². The van der Waals surface area contributed by atoms with E-state index in [1.165, 1.54) is 6.07 Å². The highest BCUT2D eigenvalue weighted by Crippen LogP contribution is 2.25. The van der Waals surface area contributed by atoms with Crippen LogP contribution in [0.3, 0.4) is 0 Å². The molecule has 1 aromatic carbocycles. The van der Waals surface area contributed by atoms with E-state index in [1.54, 1.807) is 24.0 Å². The van der Waals surface area contributed by atoms with E-state index < -0.39 is 0 Å². The SMILES string of the molecule is Cc1ccc(NC(=O)N2CC(N(CC(C)C)C3CCOCC3)C2)cc1F. The molecule has 0 saturated carbocycles. The van der Waals surface area contributed by atoms with Crippen molar-refractivity contribution in [2.75, 3.05) is 38.2 Å². The summed E-state index contributed by atoms with van der Waals surface area (Å²) in [6, 6.07) is 5.59. The second kappa shape index (κ2) is 8.35. The number of halogens is 1. The van der Waals surface area contributed by atoms with Crippen LogP contribution in [0.25, 0.3) is 0 Å². The number of carbonyl (C=O) groups is 1. The third-order valence-electron chi connectivity index (χ3n) is 5.28. The maximum Gasteiger partial charge on any atom is 0.321 e. The van der Waals surface area contributed by atoms with E-state index in [9.17, 15) is 9.18 Å². The molecule has 2 amide bonds. The Hall–Kier alpha value is -1.66. The smallest absolute Gasteiger partial charge is 0.321 e. The third kappa shape index (κ3) is 4.54. The molecule has 0 radical (unpaired) electrons. The van der Waals surface area contributed by atoms with Gasteiger partial charge in [0.25, 0.3) is 0 Å². The number of amides is 2. The Morgan fingerprint density at radius 3 is 2.62 bits per heavy atom. The van der Waals surface area contributed by atoms with Crippen LogP contribution in [0.1, 0.15) is 32.3 Å². The zero-order valence-electron chi connectivity index (χ0n) is 16.0. The van der Waals surface area contributed by atoms with Crippen LogP contribution in [0.2, 0.25) is 0 Å². The highest BCUT2D eigenvalue weighted by molar-refractivity contribution is 5.90. The van der Waals surface area contributed by atoms with Gasteiger partial charge in [-0.15, -0.1) is 0 Å². The lowest BCUT2D eigenvalue weighted by molar-refractivity contribution is -0.0229. The Kier molecular flexibility index (Phi) is 6.14. The molecule has 0 aromatic heterocycles. The van der Waals surface area contributed by atoms with Crippen molar-refractivity contribution in [2.24, 2.45) is 5.92 Å². The van der Waals surface area contributed by atoms with Gasteiger partial charge in [0.1, 0.15) is 5.82 Å². The third-order valence-corrected chi connectivity index (χ3v) is 5.28. The normalized spacial score (nSPS) is 19.1. The minimum absolute atomic E-state index is 0.152. The molecule has 0 bridgehead atoms. The zero-order valence-corrected chi connectivity index (χ0v) is 16.0. The number of hydrogen-bond acceptors (Lipinski definition) is 3. The Morgan fingerprint density at radius 1 is 1.31 bits per heavy atom. The van der Waals surface area contributed by atoms with Crippen LogP contribution < -0.4 is 5.32 Å². The van der Waals surface area contributed by atoms with Gasteiger partial charge in [-0.2, -0.15) is 0 Å². The molecule has 0 aliphatic carbocycles. The first-order valence-corrected chi connectivity index (χ1v) is 9.59.